The van der Waals surface area contributed by atoms with E-state index in [0.29, 0.717) is 18.4 Å². The fraction of sp³-hybridized carbons (Fsp3) is 0.524. The summed E-state index contributed by atoms with van der Waals surface area (Å²) >= 11 is 0. The number of piperidine rings is 1. The zero-order valence-electron chi connectivity index (χ0n) is 15.3. The van der Waals surface area contributed by atoms with Gasteiger partial charge in [0.15, 0.2) is 0 Å². The Morgan fingerprint density at radius 3 is 2.40 bits per heavy atom. The van der Waals surface area contributed by atoms with E-state index < -0.39 is 0 Å². The molecule has 0 radical (unpaired) electrons. The van der Waals surface area contributed by atoms with Crippen LogP contribution in [0.2, 0.25) is 0 Å². The average molecular weight is 340 g/mol. The molecule has 0 unspecified atom stereocenters. The van der Waals surface area contributed by atoms with Crippen LogP contribution in [0.5, 0.6) is 0 Å². The highest BCUT2D eigenvalue weighted by Crippen LogP contribution is 2.35. The first-order valence-corrected chi connectivity index (χ1v) is 9.18. The van der Waals surface area contributed by atoms with Crippen molar-refractivity contribution in [2.75, 3.05) is 19.6 Å². The minimum absolute atomic E-state index is 0.101. The number of likely N-dealkylation sites (tertiary alicyclic amines) is 2. The van der Waals surface area contributed by atoms with Crippen molar-refractivity contribution in [3.63, 3.8) is 0 Å². The molecule has 0 bridgehead atoms. The van der Waals surface area contributed by atoms with Crippen LogP contribution >= 0.6 is 0 Å². The van der Waals surface area contributed by atoms with Crippen molar-refractivity contribution in [2.45, 2.75) is 45.1 Å². The lowest BCUT2D eigenvalue weighted by Crippen LogP contribution is -2.50. The molecule has 2 aliphatic rings. The minimum atomic E-state index is -0.364. The van der Waals surface area contributed by atoms with Crippen LogP contribution in [0.1, 0.15) is 44.6 Å². The molecule has 134 valence electrons. The molecule has 4 nitrogen and oxygen atoms in total. The average Bonchev–Trinajstić information content (AvgIpc) is 3.06. The summed E-state index contributed by atoms with van der Waals surface area (Å²) in [6, 6.07) is 9.81. The lowest BCUT2D eigenvalue weighted by atomic mass is 9.82. The summed E-state index contributed by atoms with van der Waals surface area (Å²) in [7, 11) is 0. The van der Waals surface area contributed by atoms with Crippen molar-refractivity contribution in [3.8, 4) is 0 Å². The third-order valence-electron chi connectivity index (χ3n) is 5.74. The zero-order chi connectivity index (χ0) is 18.0. The summed E-state index contributed by atoms with van der Waals surface area (Å²) in [5.41, 5.74) is 1.50. The Bertz CT molecular complexity index is 643. The minimum Gasteiger partial charge on any atom is -0.341 e. The maximum Gasteiger partial charge on any atom is 0.246 e. The highest BCUT2D eigenvalue weighted by atomic mass is 16.2. The Morgan fingerprint density at radius 1 is 1.16 bits per heavy atom. The molecule has 25 heavy (non-hydrogen) atoms. The maximum atomic E-state index is 13.1. The number of carbonyl (C=O) groups is 2. The Labute approximate surface area is 150 Å². The van der Waals surface area contributed by atoms with Crippen LogP contribution in [0.15, 0.2) is 43.0 Å². The first-order valence-electron chi connectivity index (χ1n) is 9.18. The topological polar surface area (TPSA) is 40.6 Å². The standard InChI is InChI=1S/C21H28N2O2/c1-4-19(24)23-15-17(16-8-6-5-7-9-16)14-18(23)20(25)22-12-10-21(2,3)11-13-22/h4-9,17-18H,1,10-15H2,2-3H3/t17-,18+/m1/s1. The molecule has 2 amide bonds. The first kappa shape index (κ1) is 17.7. The summed E-state index contributed by atoms with van der Waals surface area (Å²) < 4.78 is 0. The molecule has 2 atom stereocenters. The quantitative estimate of drug-likeness (QED) is 0.793. The van der Waals surface area contributed by atoms with Crippen LogP contribution < -0.4 is 0 Å². The predicted octanol–water partition coefficient (Wildman–Crippen LogP) is 3.21. The number of hydrogen-bond acceptors (Lipinski definition) is 2. The predicted molar refractivity (Wildman–Crippen MR) is 99.1 cm³/mol. The second-order valence-electron chi connectivity index (χ2n) is 8.04. The molecule has 0 saturated carbocycles. The zero-order valence-corrected chi connectivity index (χ0v) is 15.3. The van der Waals surface area contributed by atoms with Gasteiger partial charge < -0.3 is 9.80 Å². The molecule has 2 fully saturated rings. The van der Waals surface area contributed by atoms with Crippen molar-refractivity contribution < 1.29 is 9.59 Å². The van der Waals surface area contributed by atoms with Crippen molar-refractivity contribution in [1.82, 2.24) is 9.80 Å². The number of hydrogen-bond donors (Lipinski definition) is 0. The number of rotatable bonds is 3. The monoisotopic (exact) mass is 340 g/mol. The van der Waals surface area contributed by atoms with Crippen LogP contribution in [0, 0.1) is 5.41 Å². The lowest BCUT2D eigenvalue weighted by Gasteiger charge is -2.39. The summed E-state index contributed by atoms with van der Waals surface area (Å²) in [5, 5.41) is 0. The highest BCUT2D eigenvalue weighted by molar-refractivity contribution is 5.93. The molecule has 0 N–H and O–H groups in total. The van der Waals surface area contributed by atoms with Crippen LogP contribution in [0.4, 0.5) is 0 Å². The van der Waals surface area contributed by atoms with Gasteiger partial charge in [-0.2, -0.15) is 0 Å². The van der Waals surface area contributed by atoms with Crippen molar-refractivity contribution in [3.05, 3.63) is 48.6 Å². The fourth-order valence-corrected chi connectivity index (χ4v) is 3.94. The Hall–Kier alpha value is -2.10. The molecule has 0 aliphatic carbocycles. The molecule has 2 aliphatic heterocycles. The summed E-state index contributed by atoms with van der Waals surface area (Å²) in [6.45, 7) is 10.3. The van der Waals surface area contributed by atoms with Gasteiger partial charge in [-0.3, -0.25) is 9.59 Å². The van der Waals surface area contributed by atoms with E-state index in [9.17, 15) is 9.59 Å². The lowest BCUT2D eigenvalue weighted by molar-refractivity contribution is -0.143. The molecular formula is C21H28N2O2. The second-order valence-corrected chi connectivity index (χ2v) is 8.04. The molecule has 4 heteroatoms. The van der Waals surface area contributed by atoms with Gasteiger partial charge in [0.1, 0.15) is 6.04 Å². The molecule has 1 aromatic rings. The van der Waals surface area contributed by atoms with Gasteiger partial charge in [-0.15, -0.1) is 0 Å². The van der Waals surface area contributed by atoms with Gasteiger partial charge in [-0.1, -0.05) is 50.8 Å². The summed E-state index contributed by atoms with van der Waals surface area (Å²) in [5.74, 6) is 0.165. The van der Waals surface area contributed by atoms with E-state index >= 15 is 0 Å². The fourth-order valence-electron chi connectivity index (χ4n) is 3.94. The summed E-state index contributed by atoms with van der Waals surface area (Å²) in [4.78, 5) is 29.1. The molecular weight excluding hydrogens is 312 g/mol. The van der Waals surface area contributed by atoms with Gasteiger partial charge in [-0.25, -0.2) is 0 Å². The molecule has 1 aromatic carbocycles. The smallest absolute Gasteiger partial charge is 0.246 e. The number of amides is 2. The van der Waals surface area contributed by atoms with E-state index in [2.05, 4.69) is 32.6 Å². The van der Waals surface area contributed by atoms with Crippen LogP contribution in [-0.2, 0) is 9.59 Å². The molecule has 0 spiro atoms. The molecule has 0 aromatic heterocycles. The van der Waals surface area contributed by atoms with Crippen LogP contribution in [0.3, 0.4) is 0 Å². The van der Waals surface area contributed by atoms with E-state index in [1.165, 1.54) is 11.6 Å². The van der Waals surface area contributed by atoms with E-state index in [4.69, 9.17) is 0 Å². The SMILES string of the molecule is C=CC(=O)N1C[C@H](c2ccccc2)C[C@H]1C(=O)N1CCC(C)(C)CC1. The summed E-state index contributed by atoms with van der Waals surface area (Å²) in [6.07, 6.45) is 4.06. The van der Waals surface area contributed by atoms with Gasteiger partial charge >= 0.3 is 0 Å². The largest absolute Gasteiger partial charge is 0.341 e. The van der Waals surface area contributed by atoms with Gasteiger partial charge in [0.25, 0.3) is 0 Å². The van der Waals surface area contributed by atoms with Crippen LogP contribution in [-0.4, -0.2) is 47.3 Å². The van der Waals surface area contributed by atoms with Crippen molar-refractivity contribution in [1.29, 1.82) is 0 Å². The Kier molecular flexibility index (Phi) is 4.98. The second kappa shape index (κ2) is 7.03. The molecule has 2 heterocycles. The highest BCUT2D eigenvalue weighted by Gasteiger charge is 2.42. The van der Waals surface area contributed by atoms with E-state index in [0.717, 1.165) is 25.9 Å². The van der Waals surface area contributed by atoms with Crippen molar-refractivity contribution >= 4 is 11.8 Å². The van der Waals surface area contributed by atoms with Gasteiger partial charge in [-0.05, 0) is 36.3 Å². The Balaban J connectivity index is 1.76. The van der Waals surface area contributed by atoms with Crippen molar-refractivity contribution in [2.24, 2.45) is 5.41 Å². The van der Waals surface area contributed by atoms with Gasteiger partial charge in [0, 0.05) is 25.6 Å². The molecule has 3 rings (SSSR count). The first-order chi connectivity index (χ1) is 11.9. The van der Waals surface area contributed by atoms with Gasteiger partial charge in [0.05, 0.1) is 0 Å². The number of benzene rings is 1. The Morgan fingerprint density at radius 2 is 1.80 bits per heavy atom. The number of carbonyl (C=O) groups excluding carboxylic acids is 2. The third-order valence-corrected chi connectivity index (χ3v) is 5.74. The third kappa shape index (κ3) is 3.78. The van der Waals surface area contributed by atoms with E-state index in [1.807, 2.05) is 23.1 Å². The number of nitrogens with zero attached hydrogens (tertiary/aromatic N) is 2. The maximum absolute atomic E-state index is 13.1. The normalized spacial score (nSPS) is 25.7. The van der Waals surface area contributed by atoms with E-state index in [1.54, 1.807) is 4.90 Å². The molecule has 2 saturated heterocycles. The van der Waals surface area contributed by atoms with E-state index in [-0.39, 0.29) is 23.8 Å². The van der Waals surface area contributed by atoms with Crippen LogP contribution in [0.25, 0.3) is 0 Å². The van der Waals surface area contributed by atoms with Gasteiger partial charge in [0.2, 0.25) is 11.8 Å².